The first-order valence-electron chi connectivity index (χ1n) is 6.83. The Kier molecular flexibility index (Phi) is 4.37. The predicted molar refractivity (Wildman–Crippen MR) is 73.6 cm³/mol. The summed E-state index contributed by atoms with van der Waals surface area (Å²) in [4.78, 5) is 15.2. The molecule has 2 aliphatic heterocycles. The molecule has 8 nitrogen and oxygen atoms in total. The molecular weight excluding hydrogens is 290 g/mol. The van der Waals surface area contributed by atoms with Crippen molar-refractivity contribution in [2.24, 2.45) is 5.11 Å². The fourth-order valence-corrected chi connectivity index (χ4v) is 2.58. The normalized spacial score (nSPS) is 34.6. The van der Waals surface area contributed by atoms with E-state index in [2.05, 4.69) is 10.0 Å². The maximum absolute atomic E-state index is 12.5. The molecule has 0 amide bonds. The summed E-state index contributed by atoms with van der Waals surface area (Å²) in [6.07, 6.45) is -3.01. The number of ketones is 1. The second-order valence-electron chi connectivity index (χ2n) is 4.96. The van der Waals surface area contributed by atoms with Crippen LogP contribution in [-0.2, 0) is 23.7 Å². The Morgan fingerprint density at radius 1 is 1.32 bits per heavy atom. The number of rotatable bonds is 3. The predicted octanol–water partition coefficient (Wildman–Crippen LogP) is 1.72. The van der Waals surface area contributed by atoms with Crippen molar-refractivity contribution in [3.8, 4) is 0 Å². The number of Topliss-reactive ketones (excluding diaryl/α,β-unsaturated/α-hetero) is 1. The van der Waals surface area contributed by atoms with Crippen LogP contribution >= 0.6 is 0 Å². The maximum Gasteiger partial charge on any atom is 0.184 e. The summed E-state index contributed by atoms with van der Waals surface area (Å²) < 4.78 is 22.0. The van der Waals surface area contributed by atoms with Crippen LogP contribution in [0.4, 0.5) is 0 Å². The molecule has 1 aromatic carbocycles. The van der Waals surface area contributed by atoms with Crippen molar-refractivity contribution in [2.45, 2.75) is 30.8 Å². The average molecular weight is 305 g/mol. The Balaban J connectivity index is 1.80. The van der Waals surface area contributed by atoms with E-state index in [-0.39, 0.29) is 12.4 Å². The highest BCUT2D eigenvalue weighted by Crippen LogP contribution is 2.33. The monoisotopic (exact) mass is 305 g/mol. The van der Waals surface area contributed by atoms with Gasteiger partial charge in [-0.3, -0.25) is 4.79 Å². The summed E-state index contributed by atoms with van der Waals surface area (Å²) in [5, 5.41) is 3.47. The Labute approximate surface area is 126 Å². The van der Waals surface area contributed by atoms with Gasteiger partial charge in [-0.2, -0.15) is 0 Å². The highest BCUT2D eigenvalue weighted by atomic mass is 16.7. The van der Waals surface area contributed by atoms with Gasteiger partial charge in [-0.15, -0.1) is 0 Å². The van der Waals surface area contributed by atoms with Crippen LogP contribution in [-0.4, -0.2) is 44.0 Å². The van der Waals surface area contributed by atoms with Crippen LogP contribution in [0.1, 0.15) is 11.9 Å². The van der Waals surface area contributed by atoms with E-state index >= 15 is 0 Å². The summed E-state index contributed by atoms with van der Waals surface area (Å²) in [6, 6.07) is 8.23. The third-order valence-electron chi connectivity index (χ3n) is 3.64. The molecule has 0 aliphatic carbocycles. The first-order valence-corrected chi connectivity index (χ1v) is 6.83. The van der Waals surface area contributed by atoms with E-state index in [1.165, 1.54) is 7.11 Å². The van der Waals surface area contributed by atoms with Gasteiger partial charge in [-0.05, 0) is 5.53 Å². The highest BCUT2D eigenvalue weighted by molar-refractivity contribution is 5.90. The smallest absolute Gasteiger partial charge is 0.184 e. The average Bonchev–Trinajstić information content (AvgIpc) is 2.58. The molecule has 0 spiro atoms. The second-order valence-corrected chi connectivity index (χ2v) is 4.96. The number of carbonyl (C=O) groups is 1. The summed E-state index contributed by atoms with van der Waals surface area (Å²) in [6.45, 7) is 0.193. The lowest BCUT2D eigenvalue weighted by Gasteiger charge is -2.42. The maximum atomic E-state index is 12.5. The van der Waals surface area contributed by atoms with Crippen LogP contribution in [0.2, 0.25) is 0 Å². The van der Waals surface area contributed by atoms with Crippen molar-refractivity contribution in [3.05, 3.63) is 46.3 Å². The van der Waals surface area contributed by atoms with Gasteiger partial charge < -0.3 is 18.9 Å². The largest absolute Gasteiger partial charge is 0.355 e. The minimum Gasteiger partial charge on any atom is -0.355 e. The highest BCUT2D eigenvalue weighted by Gasteiger charge is 2.49. The Morgan fingerprint density at radius 2 is 2.09 bits per heavy atom. The number of hydrogen-bond acceptors (Lipinski definition) is 6. The molecule has 8 heteroatoms. The minimum atomic E-state index is -1.06. The lowest BCUT2D eigenvalue weighted by atomic mass is 9.98. The van der Waals surface area contributed by atoms with Gasteiger partial charge in [-0.1, -0.05) is 35.4 Å². The number of methoxy groups -OCH3 is 1. The molecule has 1 aromatic rings. The molecule has 0 aromatic heterocycles. The van der Waals surface area contributed by atoms with Crippen molar-refractivity contribution in [1.82, 2.24) is 0 Å². The zero-order chi connectivity index (χ0) is 15.5. The molecule has 0 N–H and O–H groups in total. The van der Waals surface area contributed by atoms with E-state index in [1.54, 1.807) is 0 Å². The molecule has 2 heterocycles. The topological polar surface area (TPSA) is 103 Å². The van der Waals surface area contributed by atoms with Gasteiger partial charge in [0.1, 0.15) is 18.2 Å². The first-order chi connectivity index (χ1) is 10.7. The molecule has 2 fully saturated rings. The van der Waals surface area contributed by atoms with Crippen molar-refractivity contribution in [1.29, 1.82) is 0 Å². The molecule has 5 atom stereocenters. The molecule has 0 unspecified atom stereocenters. The Morgan fingerprint density at radius 3 is 2.77 bits per heavy atom. The van der Waals surface area contributed by atoms with Gasteiger partial charge >= 0.3 is 0 Å². The van der Waals surface area contributed by atoms with E-state index < -0.39 is 30.8 Å². The lowest BCUT2D eigenvalue weighted by Crippen LogP contribution is -2.59. The lowest BCUT2D eigenvalue weighted by molar-refractivity contribution is -0.301. The molecule has 2 saturated heterocycles. The van der Waals surface area contributed by atoms with E-state index in [0.717, 1.165) is 5.56 Å². The first kappa shape index (κ1) is 15.0. The summed E-state index contributed by atoms with van der Waals surface area (Å²) in [5.41, 5.74) is 9.41. The standard InChI is InChI=1S/C14H15N3O5/c1-19-14-10(16-17-15)11(18)12-9(21-14)7-20-13(22-12)8-5-3-2-4-6-8/h2-6,9-10,12-14H,7H2,1H3/t9-,10+,12-,13+,14-/m1/s1. The van der Waals surface area contributed by atoms with Gasteiger partial charge in [0.2, 0.25) is 0 Å². The number of carbonyl (C=O) groups excluding carboxylic acids is 1. The molecule has 2 aliphatic rings. The molecule has 0 bridgehead atoms. The molecule has 116 valence electrons. The molecule has 0 radical (unpaired) electrons. The van der Waals surface area contributed by atoms with E-state index in [4.69, 9.17) is 24.5 Å². The van der Waals surface area contributed by atoms with Crippen LogP contribution in [0.5, 0.6) is 0 Å². The Hall–Kier alpha value is -1.96. The number of fused-ring (bicyclic) bond motifs is 1. The molecular formula is C14H15N3O5. The fraction of sp³-hybridized carbons (Fsp3) is 0.500. The fourth-order valence-electron chi connectivity index (χ4n) is 2.58. The van der Waals surface area contributed by atoms with Crippen molar-refractivity contribution < 1.29 is 23.7 Å². The third-order valence-corrected chi connectivity index (χ3v) is 3.64. The SMILES string of the molecule is CO[C@@H]1O[C@@H]2CO[C@H](c3ccccc3)O[C@H]2C(=O)[C@@H]1N=[N+]=[N-]. The van der Waals surface area contributed by atoms with Crippen molar-refractivity contribution in [2.75, 3.05) is 13.7 Å². The van der Waals surface area contributed by atoms with Crippen molar-refractivity contribution in [3.63, 3.8) is 0 Å². The van der Waals surface area contributed by atoms with Gasteiger partial charge in [0.05, 0.1) is 6.61 Å². The third kappa shape index (κ3) is 2.70. The van der Waals surface area contributed by atoms with Crippen LogP contribution in [0.3, 0.4) is 0 Å². The zero-order valence-electron chi connectivity index (χ0n) is 11.9. The number of azide groups is 1. The number of nitrogens with zero attached hydrogens (tertiary/aromatic N) is 3. The number of hydrogen-bond donors (Lipinski definition) is 0. The van der Waals surface area contributed by atoms with Gasteiger partial charge in [0.25, 0.3) is 0 Å². The van der Waals surface area contributed by atoms with Gasteiger partial charge in [0, 0.05) is 17.6 Å². The van der Waals surface area contributed by atoms with Crippen molar-refractivity contribution >= 4 is 5.78 Å². The van der Waals surface area contributed by atoms with E-state index in [9.17, 15) is 4.79 Å². The van der Waals surface area contributed by atoms with Crippen LogP contribution in [0.25, 0.3) is 10.4 Å². The second kappa shape index (κ2) is 6.43. The summed E-state index contributed by atoms with van der Waals surface area (Å²) in [7, 11) is 1.38. The van der Waals surface area contributed by atoms with Crippen LogP contribution < -0.4 is 0 Å². The van der Waals surface area contributed by atoms with E-state index in [0.29, 0.717) is 0 Å². The number of ether oxygens (including phenoxy) is 4. The van der Waals surface area contributed by atoms with E-state index in [1.807, 2.05) is 30.3 Å². The quantitative estimate of drug-likeness (QED) is 0.480. The van der Waals surface area contributed by atoms with Crippen LogP contribution in [0.15, 0.2) is 35.4 Å². The molecule has 3 rings (SSSR count). The zero-order valence-corrected chi connectivity index (χ0v) is 11.9. The summed E-state index contributed by atoms with van der Waals surface area (Å²) in [5.74, 6) is -0.356. The Bertz CT molecular complexity index is 589. The van der Waals surface area contributed by atoms with Crippen LogP contribution in [0, 0.1) is 0 Å². The van der Waals surface area contributed by atoms with Gasteiger partial charge in [0.15, 0.2) is 18.4 Å². The van der Waals surface area contributed by atoms with Gasteiger partial charge in [-0.25, -0.2) is 0 Å². The number of benzene rings is 1. The minimum absolute atomic E-state index is 0.193. The summed E-state index contributed by atoms with van der Waals surface area (Å²) >= 11 is 0. The molecule has 22 heavy (non-hydrogen) atoms. The molecule has 0 saturated carbocycles.